The lowest BCUT2D eigenvalue weighted by Crippen LogP contribution is -2.26. The fourth-order valence-corrected chi connectivity index (χ4v) is 2.99. The van der Waals surface area contributed by atoms with E-state index in [0.29, 0.717) is 0 Å². The number of nitrogens with one attached hydrogen (secondary N) is 2. The van der Waals surface area contributed by atoms with Gasteiger partial charge in [0.25, 0.3) is 0 Å². The Kier molecular flexibility index (Phi) is 7.39. The summed E-state index contributed by atoms with van der Waals surface area (Å²) in [7, 11) is 0. The molecule has 0 fully saturated rings. The Morgan fingerprint density at radius 1 is 1.08 bits per heavy atom. The molecule has 0 amide bonds. The molecule has 0 saturated heterocycles. The molecule has 3 heterocycles. The van der Waals surface area contributed by atoms with Gasteiger partial charge in [-0.3, -0.25) is 4.98 Å². The number of halogens is 2. The van der Waals surface area contributed by atoms with E-state index in [-0.39, 0.29) is 24.8 Å². The van der Waals surface area contributed by atoms with Crippen molar-refractivity contribution in [2.45, 2.75) is 47.2 Å². The molecule has 0 aliphatic carbocycles. The first-order chi connectivity index (χ1) is 10.6. The molecule has 24 heavy (non-hydrogen) atoms. The third-order valence-electron chi connectivity index (χ3n) is 4.40. The Morgan fingerprint density at radius 3 is 2.58 bits per heavy atom. The van der Waals surface area contributed by atoms with Gasteiger partial charge in [-0.2, -0.15) is 0 Å². The van der Waals surface area contributed by atoms with Crippen LogP contribution in [0.4, 0.5) is 5.82 Å². The highest BCUT2D eigenvalue weighted by atomic mass is 35.5. The molecule has 0 saturated carbocycles. The second-order valence-electron chi connectivity index (χ2n) is 5.94. The van der Waals surface area contributed by atoms with E-state index in [9.17, 15) is 0 Å². The van der Waals surface area contributed by atoms with E-state index < -0.39 is 0 Å². The van der Waals surface area contributed by atoms with Gasteiger partial charge in [0.1, 0.15) is 11.6 Å². The zero-order valence-corrected chi connectivity index (χ0v) is 16.2. The summed E-state index contributed by atoms with van der Waals surface area (Å²) in [6.45, 7) is 10.8. The van der Waals surface area contributed by atoms with Crippen LogP contribution in [-0.4, -0.2) is 21.5 Å². The van der Waals surface area contributed by atoms with Gasteiger partial charge < -0.3 is 10.6 Å². The highest BCUT2D eigenvalue weighted by Gasteiger charge is 2.16. The van der Waals surface area contributed by atoms with E-state index in [1.807, 2.05) is 20.0 Å². The van der Waals surface area contributed by atoms with E-state index in [4.69, 9.17) is 0 Å². The minimum atomic E-state index is 0. The predicted molar refractivity (Wildman–Crippen MR) is 102 cm³/mol. The standard InChI is InChI=1S/C17H23N5.2ClH/c1-10-11(2)21-13(4)22-17(10)20-9-16-12(3)19-8-14-7-18-6-5-15(14)16;;/h8,18H,5-7,9H2,1-4H3,(H,20,21,22);2*1H. The Labute approximate surface area is 155 Å². The second kappa shape index (κ2) is 8.60. The molecule has 7 heteroatoms. The zero-order chi connectivity index (χ0) is 15.7. The van der Waals surface area contributed by atoms with Gasteiger partial charge in [-0.15, -0.1) is 24.8 Å². The molecule has 0 radical (unpaired) electrons. The van der Waals surface area contributed by atoms with Gasteiger partial charge in [0.2, 0.25) is 0 Å². The molecule has 0 unspecified atom stereocenters. The highest BCUT2D eigenvalue weighted by molar-refractivity contribution is 5.85. The van der Waals surface area contributed by atoms with Crippen LogP contribution in [0.1, 0.15) is 39.5 Å². The largest absolute Gasteiger partial charge is 0.366 e. The van der Waals surface area contributed by atoms with Crippen LogP contribution < -0.4 is 10.6 Å². The van der Waals surface area contributed by atoms with Crippen molar-refractivity contribution in [3.63, 3.8) is 0 Å². The van der Waals surface area contributed by atoms with Crippen LogP contribution in [0.15, 0.2) is 6.20 Å². The molecule has 2 N–H and O–H groups in total. The maximum atomic E-state index is 4.55. The number of rotatable bonds is 3. The van der Waals surface area contributed by atoms with E-state index in [2.05, 4.69) is 39.4 Å². The van der Waals surface area contributed by atoms with Gasteiger partial charge >= 0.3 is 0 Å². The number of hydrogen-bond donors (Lipinski definition) is 2. The van der Waals surface area contributed by atoms with Crippen molar-refractivity contribution in [2.75, 3.05) is 11.9 Å². The van der Waals surface area contributed by atoms with Crippen molar-refractivity contribution in [3.05, 3.63) is 45.7 Å². The summed E-state index contributed by atoms with van der Waals surface area (Å²) in [6.07, 6.45) is 3.07. The maximum absolute atomic E-state index is 4.55. The van der Waals surface area contributed by atoms with Crippen molar-refractivity contribution in [3.8, 4) is 0 Å². The second-order valence-corrected chi connectivity index (χ2v) is 5.94. The molecular formula is C17H25Cl2N5. The molecule has 1 aliphatic rings. The Bertz CT molecular complexity index is 719. The number of fused-ring (bicyclic) bond motifs is 1. The molecule has 2 aromatic rings. The highest BCUT2D eigenvalue weighted by Crippen LogP contribution is 2.22. The SMILES string of the molecule is Cc1nc(C)c(C)c(NCc2c(C)ncc3c2CCNC3)n1.Cl.Cl. The first-order valence-electron chi connectivity index (χ1n) is 7.79. The third-order valence-corrected chi connectivity index (χ3v) is 4.40. The minimum Gasteiger partial charge on any atom is -0.366 e. The number of pyridine rings is 1. The topological polar surface area (TPSA) is 62.7 Å². The Balaban J connectivity index is 0.00000144. The van der Waals surface area contributed by atoms with E-state index in [1.165, 1.54) is 16.7 Å². The van der Waals surface area contributed by atoms with Crippen molar-refractivity contribution in [2.24, 2.45) is 0 Å². The molecule has 3 rings (SSSR count). The predicted octanol–water partition coefficient (Wildman–Crippen LogP) is 3.21. The van der Waals surface area contributed by atoms with Gasteiger partial charge in [0, 0.05) is 36.2 Å². The first-order valence-corrected chi connectivity index (χ1v) is 7.79. The third kappa shape index (κ3) is 4.15. The van der Waals surface area contributed by atoms with Crippen LogP contribution in [0.2, 0.25) is 0 Å². The van der Waals surface area contributed by atoms with Gasteiger partial charge in [-0.25, -0.2) is 9.97 Å². The lowest BCUT2D eigenvalue weighted by molar-refractivity contribution is 0.634. The van der Waals surface area contributed by atoms with E-state index >= 15 is 0 Å². The van der Waals surface area contributed by atoms with E-state index in [0.717, 1.165) is 54.6 Å². The molecule has 2 aromatic heterocycles. The van der Waals surface area contributed by atoms with Crippen molar-refractivity contribution < 1.29 is 0 Å². The van der Waals surface area contributed by atoms with Crippen LogP contribution >= 0.6 is 24.8 Å². The summed E-state index contributed by atoms with van der Waals surface area (Å²) in [5.74, 6) is 1.73. The summed E-state index contributed by atoms with van der Waals surface area (Å²) < 4.78 is 0. The van der Waals surface area contributed by atoms with Gasteiger partial charge in [-0.05, 0) is 57.4 Å². The molecule has 5 nitrogen and oxygen atoms in total. The van der Waals surface area contributed by atoms with Crippen LogP contribution in [0.25, 0.3) is 0 Å². The summed E-state index contributed by atoms with van der Waals surface area (Å²) in [6, 6.07) is 0. The van der Waals surface area contributed by atoms with E-state index in [1.54, 1.807) is 0 Å². The molecular weight excluding hydrogens is 345 g/mol. The smallest absolute Gasteiger partial charge is 0.133 e. The summed E-state index contributed by atoms with van der Waals surface area (Å²) in [4.78, 5) is 13.5. The Hall–Kier alpha value is -1.43. The first kappa shape index (κ1) is 20.6. The van der Waals surface area contributed by atoms with Gasteiger partial charge in [0.15, 0.2) is 0 Å². The molecule has 0 bridgehead atoms. The summed E-state index contributed by atoms with van der Waals surface area (Å²) >= 11 is 0. The minimum absolute atomic E-state index is 0. The van der Waals surface area contributed by atoms with Crippen LogP contribution in [0.3, 0.4) is 0 Å². The number of aryl methyl sites for hydroxylation is 3. The summed E-state index contributed by atoms with van der Waals surface area (Å²) in [5.41, 5.74) is 7.33. The molecule has 0 spiro atoms. The van der Waals surface area contributed by atoms with Gasteiger partial charge in [0.05, 0.1) is 0 Å². The molecule has 0 atom stereocenters. The Morgan fingerprint density at radius 2 is 1.83 bits per heavy atom. The fourth-order valence-electron chi connectivity index (χ4n) is 2.99. The number of anilines is 1. The quantitative estimate of drug-likeness (QED) is 0.869. The van der Waals surface area contributed by atoms with Crippen molar-refractivity contribution in [1.82, 2.24) is 20.3 Å². The lowest BCUT2D eigenvalue weighted by atomic mass is 9.96. The monoisotopic (exact) mass is 369 g/mol. The number of hydrogen-bond acceptors (Lipinski definition) is 5. The van der Waals surface area contributed by atoms with Crippen molar-refractivity contribution in [1.29, 1.82) is 0 Å². The summed E-state index contributed by atoms with van der Waals surface area (Å²) in [5, 5.41) is 6.89. The van der Waals surface area contributed by atoms with Gasteiger partial charge in [-0.1, -0.05) is 0 Å². The molecule has 132 valence electrons. The molecule has 1 aliphatic heterocycles. The van der Waals surface area contributed by atoms with Crippen LogP contribution in [0.5, 0.6) is 0 Å². The van der Waals surface area contributed by atoms with Crippen LogP contribution in [0, 0.1) is 27.7 Å². The zero-order valence-electron chi connectivity index (χ0n) is 14.6. The fraction of sp³-hybridized carbons (Fsp3) is 0.471. The average Bonchev–Trinajstić information content (AvgIpc) is 2.50. The lowest BCUT2D eigenvalue weighted by Gasteiger charge is -2.22. The number of aromatic nitrogens is 3. The van der Waals surface area contributed by atoms with Crippen LogP contribution in [-0.2, 0) is 19.5 Å². The maximum Gasteiger partial charge on any atom is 0.133 e. The molecule has 0 aromatic carbocycles. The normalized spacial score (nSPS) is 12.7. The van der Waals surface area contributed by atoms with Crippen molar-refractivity contribution >= 4 is 30.6 Å². The average molecular weight is 370 g/mol. The number of nitrogens with zero attached hydrogens (tertiary/aromatic N) is 3.